The smallest absolute Gasteiger partial charge is 0.207 e. The predicted molar refractivity (Wildman–Crippen MR) is 83.4 cm³/mol. The number of halogens is 2. The lowest BCUT2D eigenvalue weighted by atomic mass is 10.3. The van der Waals surface area contributed by atoms with Gasteiger partial charge in [0.1, 0.15) is 5.52 Å². The molecule has 0 saturated carbocycles. The summed E-state index contributed by atoms with van der Waals surface area (Å²) in [6.07, 6.45) is 0. The monoisotopic (exact) mass is 380 g/mol. The van der Waals surface area contributed by atoms with Gasteiger partial charge in [0.2, 0.25) is 5.95 Å². The number of imidazole rings is 1. The third-order valence-corrected chi connectivity index (χ3v) is 3.98. The third kappa shape index (κ3) is 2.15. The molecule has 6 heteroatoms. The Balaban J connectivity index is 2.38. The highest BCUT2D eigenvalue weighted by molar-refractivity contribution is 9.11. The molecule has 0 aliphatic rings. The van der Waals surface area contributed by atoms with E-state index in [-0.39, 0.29) is 0 Å². The molecule has 3 rings (SSSR count). The van der Waals surface area contributed by atoms with Crippen molar-refractivity contribution in [3.63, 3.8) is 0 Å². The maximum atomic E-state index is 6.03. The number of nitrogen functional groups attached to an aromatic ring is 1. The van der Waals surface area contributed by atoms with E-state index in [1.165, 1.54) is 0 Å². The van der Waals surface area contributed by atoms with Crippen LogP contribution in [0.4, 0.5) is 5.95 Å². The molecule has 1 aromatic carbocycles. The molecule has 0 aliphatic heterocycles. The van der Waals surface area contributed by atoms with Crippen molar-refractivity contribution < 1.29 is 0 Å². The van der Waals surface area contributed by atoms with Crippen LogP contribution in [0.25, 0.3) is 16.9 Å². The number of anilines is 1. The number of pyridine rings is 1. The summed E-state index contributed by atoms with van der Waals surface area (Å²) in [5.74, 6) is 0.423. The van der Waals surface area contributed by atoms with E-state index < -0.39 is 0 Å². The van der Waals surface area contributed by atoms with Crippen molar-refractivity contribution in [2.24, 2.45) is 0 Å². The van der Waals surface area contributed by atoms with Crippen molar-refractivity contribution in [1.82, 2.24) is 14.5 Å². The molecule has 0 amide bonds. The SMILES string of the molecule is Cc1ccc2nc(N)n(-c3cc(Br)ccc3Br)c2n1. The van der Waals surface area contributed by atoms with E-state index in [0.29, 0.717) is 5.95 Å². The molecule has 19 heavy (non-hydrogen) atoms. The Kier molecular flexibility index (Phi) is 3.06. The predicted octanol–water partition coefficient (Wildman–Crippen LogP) is 3.84. The topological polar surface area (TPSA) is 56.7 Å². The second-order valence-electron chi connectivity index (χ2n) is 4.20. The quantitative estimate of drug-likeness (QED) is 0.696. The zero-order valence-corrected chi connectivity index (χ0v) is 13.2. The average Bonchev–Trinajstić information content (AvgIpc) is 2.68. The van der Waals surface area contributed by atoms with Gasteiger partial charge in [-0.15, -0.1) is 0 Å². The van der Waals surface area contributed by atoms with Crippen LogP contribution in [-0.4, -0.2) is 14.5 Å². The number of nitrogens with zero attached hydrogens (tertiary/aromatic N) is 3. The van der Waals surface area contributed by atoms with E-state index in [4.69, 9.17) is 5.73 Å². The molecule has 2 N–H and O–H groups in total. The normalized spacial score (nSPS) is 11.1. The van der Waals surface area contributed by atoms with Gasteiger partial charge in [0.05, 0.1) is 5.69 Å². The fourth-order valence-electron chi connectivity index (χ4n) is 1.96. The molecule has 0 radical (unpaired) electrons. The zero-order chi connectivity index (χ0) is 13.6. The highest BCUT2D eigenvalue weighted by Crippen LogP contribution is 2.29. The van der Waals surface area contributed by atoms with Gasteiger partial charge >= 0.3 is 0 Å². The minimum atomic E-state index is 0.423. The first kappa shape index (κ1) is 12.6. The first-order valence-electron chi connectivity index (χ1n) is 5.63. The number of fused-ring (bicyclic) bond motifs is 1. The van der Waals surface area contributed by atoms with Crippen LogP contribution in [0.15, 0.2) is 39.3 Å². The summed E-state index contributed by atoms with van der Waals surface area (Å²) in [5, 5.41) is 0. The van der Waals surface area contributed by atoms with E-state index in [0.717, 1.165) is 31.5 Å². The second-order valence-corrected chi connectivity index (χ2v) is 5.97. The van der Waals surface area contributed by atoms with Crippen molar-refractivity contribution in [1.29, 1.82) is 0 Å². The summed E-state index contributed by atoms with van der Waals surface area (Å²) in [5.41, 5.74) is 9.42. The standard InChI is InChI=1S/C13H10Br2N4/c1-7-2-5-10-12(17-7)19(13(16)18-10)11-6-8(14)3-4-9(11)15/h2-6H,1H3,(H2,16,18). The van der Waals surface area contributed by atoms with Crippen molar-refractivity contribution in [3.8, 4) is 5.69 Å². The summed E-state index contributed by atoms with van der Waals surface area (Å²) < 4.78 is 3.75. The van der Waals surface area contributed by atoms with Crippen LogP contribution >= 0.6 is 31.9 Å². The Bertz CT molecular complexity index is 780. The van der Waals surface area contributed by atoms with Crippen LogP contribution < -0.4 is 5.73 Å². The highest BCUT2D eigenvalue weighted by atomic mass is 79.9. The van der Waals surface area contributed by atoms with Gasteiger partial charge in [0.25, 0.3) is 0 Å². The van der Waals surface area contributed by atoms with Crippen LogP contribution in [0.1, 0.15) is 5.69 Å². The minimum absolute atomic E-state index is 0.423. The lowest BCUT2D eigenvalue weighted by molar-refractivity contribution is 1.06. The van der Waals surface area contributed by atoms with Crippen LogP contribution in [0.5, 0.6) is 0 Å². The average molecular weight is 382 g/mol. The van der Waals surface area contributed by atoms with Gasteiger partial charge in [-0.1, -0.05) is 15.9 Å². The van der Waals surface area contributed by atoms with Crippen molar-refractivity contribution in [2.75, 3.05) is 5.73 Å². The number of rotatable bonds is 1. The first-order chi connectivity index (χ1) is 9.06. The number of hydrogen-bond donors (Lipinski definition) is 1. The lowest BCUT2D eigenvalue weighted by Crippen LogP contribution is -2.02. The minimum Gasteiger partial charge on any atom is -0.369 e. The molecule has 0 fully saturated rings. The molecule has 0 unspecified atom stereocenters. The van der Waals surface area contributed by atoms with Crippen LogP contribution in [0, 0.1) is 6.92 Å². The largest absolute Gasteiger partial charge is 0.369 e. The summed E-state index contributed by atoms with van der Waals surface area (Å²) in [6, 6.07) is 9.75. The third-order valence-electron chi connectivity index (χ3n) is 2.82. The maximum Gasteiger partial charge on any atom is 0.207 e. The Morgan fingerprint density at radius 1 is 1.11 bits per heavy atom. The van der Waals surface area contributed by atoms with Gasteiger partial charge in [-0.3, -0.25) is 4.57 Å². The molecule has 3 aromatic rings. The Morgan fingerprint density at radius 3 is 2.68 bits per heavy atom. The van der Waals surface area contributed by atoms with E-state index >= 15 is 0 Å². The maximum absolute atomic E-state index is 6.03. The summed E-state index contributed by atoms with van der Waals surface area (Å²) >= 11 is 7.01. The molecule has 2 aromatic heterocycles. The fraction of sp³-hybridized carbons (Fsp3) is 0.0769. The van der Waals surface area contributed by atoms with E-state index in [1.807, 2.05) is 41.8 Å². The van der Waals surface area contributed by atoms with Gasteiger partial charge in [-0.05, 0) is 53.2 Å². The van der Waals surface area contributed by atoms with E-state index in [9.17, 15) is 0 Å². The van der Waals surface area contributed by atoms with E-state index in [1.54, 1.807) is 0 Å². The number of hydrogen-bond acceptors (Lipinski definition) is 3. The molecule has 0 saturated heterocycles. The zero-order valence-electron chi connectivity index (χ0n) is 10.1. The molecular formula is C13H10Br2N4. The van der Waals surface area contributed by atoms with Crippen molar-refractivity contribution in [2.45, 2.75) is 6.92 Å². The van der Waals surface area contributed by atoms with Gasteiger partial charge in [0.15, 0.2) is 5.65 Å². The number of nitrogens with two attached hydrogens (primary N) is 1. The molecule has 0 spiro atoms. The summed E-state index contributed by atoms with van der Waals surface area (Å²) in [6.45, 7) is 1.95. The Morgan fingerprint density at radius 2 is 1.89 bits per heavy atom. The molecule has 0 bridgehead atoms. The van der Waals surface area contributed by atoms with Crippen LogP contribution in [0.2, 0.25) is 0 Å². The summed E-state index contributed by atoms with van der Waals surface area (Å²) in [7, 11) is 0. The highest BCUT2D eigenvalue weighted by Gasteiger charge is 2.14. The number of benzene rings is 1. The first-order valence-corrected chi connectivity index (χ1v) is 7.22. The molecule has 0 aliphatic carbocycles. The lowest BCUT2D eigenvalue weighted by Gasteiger charge is -2.09. The molecular weight excluding hydrogens is 372 g/mol. The number of aryl methyl sites for hydroxylation is 1. The number of aromatic nitrogens is 3. The molecule has 4 nitrogen and oxygen atoms in total. The Labute approximate surface area is 126 Å². The van der Waals surface area contributed by atoms with Gasteiger partial charge < -0.3 is 5.73 Å². The van der Waals surface area contributed by atoms with E-state index in [2.05, 4.69) is 41.8 Å². The summed E-state index contributed by atoms with van der Waals surface area (Å²) in [4.78, 5) is 8.87. The van der Waals surface area contributed by atoms with Gasteiger partial charge in [-0.25, -0.2) is 9.97 Å². The Hall–Kier alpha value is -1.40. The van der Waals surface area contributed by atoms with Gasteiger partial charge in [0, 0.05) is 14.6 Å². The van der Waals surface area contributed by atoms with Crippen LogP contribution in [-0.2, 0) is 0 Å². The fourth-order valence-corrected chi connectivity index (χ4v) is 2.74. The molecule has 2 heterocycles. The van der Waals surface area contributed by atoms with Crippen molar-refractivity contribution in [3.05, 3.63) is 45.0 Å². The molecule has 96 valence electrons. The van der Waals surface area contributed by atoms with Crippen molar-refractivity contribution >= 4 is 49.0 Å². The van der Waals surface area contributed by atoms with Crippen LogP contribution in [0.3, 0.4) is 0 Å². The molecule has 0 atom stereocenters. The van der Waals surface area contributed by atoms with Gasteiger partial charge in [-0.2, -0.15) is 0 Å². The second kappa shape index (κ2) is 4.61.